The van der Waals surface area contributed by atoms with Crippen molar-refractivity contribution in [2.75, 3.05) is 0 Å². The van der Waals surface area contributed by atoms with Crippen LogP contribution in [0.2, 0.25) is 0 Å². The summed E-state index contributed by atoms with van der Waals surface area (Å²) in [6.45, 7) is 2.16. The third kappa shape index (κ3) is 2.64. The molecule has 0 heteroatoms. The third-order valence-corrected chi connectivity index (χ3v) is 4.07. The summed E-state index contributed by atoms with van der Waals surface area (Å²) < 4.78 is 0. The standard InChI is InChI=1S/C18H20/c1-14-7-10-16(11-8-14)18-13-17(18)12-9-15-5-3-2-4-6-15/h2-8,10-11,17-18H,9,12-13H2,1H3/t17-,18?/m0/s1. The van der Waals surface area contributed by atoms with Crippen LogP contribution in [0.25, 0.3) is 0 Å². The Hall–Kier alpha value is -1.56. The smallest absolute Gasteiger partial charge is 0.0130 e. The van der Waals surface area contributed by atoms with Crippen molar-refractivity contribution in [3.63, 3.8) is 0 Å². The first kappa shape index (κ1) is 11.5. The van der Waals surface area contributed by atoms with Crippen LogP contribution in [-0.2, 0) is 6.42 Å². The van der Waals surface area contributed by atoms with Crippen molar-refractivity contribution in [3.05, 3.63) is 71.3 Å². The van der Waals surface area contributed by atoms with Gasteiger partial charge in [-0.2, -0.15) is 0 Å². The molecule has 1 fully saturated rings. The average Bonchev–Trinajstić information content (AvgIpc) is 3.18. The summed E-state index contributed by atoms with van der Waals surface area (Å²) in [6, 6.07) is 19.9. The third-order valence-electron chi connectivity index (χ3n) is 4.07. The molecule has 0 spiro atoms. The highest BCUT2D eigenvalue weighted by atomic mass is 14.4. The lowest BCUT2D eigenvalue weighted by Crippen LogP contribution is -1.89. The monoisotopic (exact) mass is 236 g/mol. The van der Waals surface area contributed by atoms with Gasteiger partial charge in [0.25, 0.3) is 0 Å². The molecule has 1 saturated carbocycles. The highest BCUT2D eigenvalue weighted by Crippen LogP contribution is 2.49. The highest BCUT2D eigenvalue weighted by Gasteiger charge is 2.37. The summed E-state index contributed by atoms with van der Waals surface area (Å²) in [5.41, 5.74) is 4.38. The van der Waals surface area contributed by atoms with Gasteiger partial charge in [-0.3, -0.25) is 0 Å². The number of aryl methyl sites for hydroxylation is 2. The van der Waals surface area contributed by atoms with Crippen LogP contribution in [0.1, 0.15) is 35.4 Å². The molecular weight excluding hydrogens is 216 g/mol. The Bertz CT molecular complexity index is 495. The van der Waals surface area contributed by atoms with Crippen molar-refractivity contribution < 1.29 is 0 Å². The summed E-state index contributed by atoms with van der Waals surface area (Å²) in [7, 11) is 0. The molecular formula is C18H20. The molecule has 18 heavy (non-hydrogen) atoms. The number of rotatable bonds is 4. The van der Waals surface area contributed by atoms with Gasteiger partial charge in [0.15, 0.2) is 0 Å². The minimum Gasteiger partial charge on any atom is -0.0622 e. The Morgan fingerprint density at radius 3 is 2.39 bits per heavy atom. The topological polar surface area (TPSA) is 0 Å². The lowest BCUT2D eigenvalue weighted by molar-refractivity contribution is 0.703. The number of hydrogen-bond donors (Lipinski definition) is 0. The quantitative estimate of drug-likeness (QED) is 0.720. The minimum absolute atomic E-state index is 0.828. The van der Waals surface area contributed by atoms with E-state index in [2.05, 4.69) is 61.5 Å². The van der Waals surface area contributed by atoms with Crippen LogP contribution in [0.15, 0.2) is 54.6 Å². The van der Waals surface area contributed by atoms with Gasteiger partial charge in [0.05, 0.1) is 0 Å². The van der Waals surface area contributed by atoms with Crippen LogP contribution in [0.3, 0.4) is 0 Å². The highest BCUT2D eigenvalue weighted by molar-refractivity contribution is 5.29. The maximum Gasteiger partial charge on any atom is -0.0130 e. The molecule has 1 unspecified atom stereocenters. The van der Waals surface area contributed by atoms with E-state index in [-0.39, 0.29) is 0 Å². The van der Waals surface area contributed by atoms with E-state index in [1.807, 2.05) is 0 Å². The summed E-state index contributed by atoms with van der Waals surface area (Å²) in [6.07, 6.45) is 3.95. The molecule has 0 nitrogen and oxygen atoms in total. The van der Waals surface area contributed by atoms with Crippen LogP contribution in [-0.4, -0.2) is 0 Å². The molecule has 2 atom stereocenters. The van der Waals surface area contributed by atoms with Crippen molar-refractivity contribution >= 4 is 0 Å². The largest absolute Gasteiger partial charge is 0.0622 e. The Morgan fingerprint density at radius 1 is 0.944 bits per heavy atom. The Labute approximate surface area is 110 Å². The maximum atomic E-state index is 2.31. The molecule has 2 aromatic rings. The van der Waals surface area contributed by atoms with E-state index >= 15 is 0 Å². The van der Waals surface area contributed by atoms with Crippen LogP contribution < -0.4 is 0 Å². The molecule has 0 heterocycles. The molecule has 3 rings (SSSR count). The number of hydrogen-bond acceptors (Lipinski definition) is 0. The van der Waals surface area contributed by atoms with Crippen LogP contribution >= 0.6 is 0 Å². The van der Waals surface area contributed by atoms with E-state index in [1.165, 1.54) is 30.4 Å². The normalized spacial score (nSPS) is 21.8. The molecule has 2 aromatic carbocycles. The van der Waals surface area contributed by atoms with Crippen LogP contribution in [0.5, 0.6) is 0 Å². The second-order valence-electron chi connectivity index (χ2n) is 5.54. The van der Waals surface area contributed by atoms with Gasteiger partial charge >= 0.3 is 0 Å². The second kappa shape index (κ2) is 4.97. The van der Waals surface area contributed by atoms with Crippen LogP contribution in [0.4, 0.5) is 0 Å². The van der Waals surface area contributed by atoms with Gasteiger partial charge in [0, 0.05) is 0 Å². The molecule has 0 saturated heterocycles. The molecule has 0 aromatic heterocycles. The lowest BCUT2D eigenvalue weighted by atomic mass is 10.0. The molecule has 92 valence electrons. The van der Waals surface area contributed by atoms with Crippen LogP contribution in [0, 0.1) is 12.8 Å². The second-order valence-corrected chi connectivity index (χ2v) is 5.54. The SMILES string of the molecule is Cc1ccc(C2C[C@@H]2CCc2ccccc2)cc1. The molecule has 0 radical (unpaired) electrons. The summed E-state index contributed by atoms with van der Waals surface area (Å²) in [5, 5.41) is 0. The van der Waals surface area contributed by atoms with E-state index in [0.29, 0.717) is 0 Å². The predicted octanol–water partition coefficient (Wildman–Crippen LogP) is 4.73. The van der Waals surface area contributed by atoms with Gasteiger partial charge < -0.3 is 0 Å². The van der Waals surface area contributed by atoms with E-state index < -0.39 is 0 Å². The molecule has 1 aliphatic rings. The zero-order chi connectivity index (χ0) is 12.4. The first-order chi connectivity index (χ1) is 8.83. The number of benzene rings is 2. The van der Waals surface area contributed by atoms with E-state index in [0.717, 1.165) is 11.8 Å². The van der Waals surface area contributed by atoms with Gasteiger partial charge in [0.2, 0.25) is 0 Å². The summed E-state index contributed by atoms with van der Waals surface area (Å²) in [5.74, 6) is 1.74. The molecule has 0 amide bonds. The van der Waals surface area contributed by atoms with E-state index in [1.54, 1.807) is 5.56 Å². The molecule has 0 aliphatic heterocycles. The van der Waals surface area contributed by atoms with Gasteiger partial charge in [-0.1, -0.05) is 60.2 Å². The summed E-state index contributed by atoms with van der Waals surface area (Å²) >= 11 is 0. The molecule has 0 N–H and O–H groups in total. The Balaban J connectivity index is 1.54. The molecule has 1 aliphatic carbocycles. The minimum atomic E-state index is 0.828. The fourth-order valence-electron chi connectivity index (χ4n) is 2.79. The average molecular weight is 236 g/mol. The Morgan fingerprint density at radius 2 is 1.67 bits per heavy atom. The first-order valence-electron chi connectivity index (χ1n) is 6.93. The van der Waals surface area contributed by atoms with Gasteiger partial charge in [-0.05, 0) is 49.1 Å². The fraction of sp³-hybridized carbons (Fsp3) is 0.333. The maximum absolute atomic E-state index is 2.31. The lowest BCUT2D eigenvalue weighted by Gasteiger charge is -2.02. The van der Waals surface area contributed by atoms with Gasteiger partial charge in [0.1, 0.15) is 0 Å². The van der Waals surface area contributed by atoms with Crippen molar-refractivity contribution in [1.29, 1.82) is 0 Å². The van der Waals surface area contributed by atoms with Crippen molar-refractivity contribution in [2.45, 2.75) is 32.1 Å². The van der Waals surface area contributed by atoms with Crippen molar-refractivity contribution in [2.24, 2.45) is 5.92 Å². The predicted molar refractivity (Wildman–Crippen MR) is 76.8 cm³/mol. The van der Waals surface area contributed by atoms with E-state index in [9.17, 15) is 0 Å². The first-order valence-corrected chi connectivity index (χ1v) is 6.93. The van der Waals surface area contributed by atoms with E-state index in [4.69, 9.17) is 0 Å². The molecule has 0 bridgehead atoms. The zero-order valence-corrected chi connectivity index (χ0v) is 11.0. The van der Waals surface area contributed by atoms with Crippen molar-refractivity contribution in [1.82, 2.24) is 0 Å². The summed E-state index contributed by atoms with van der Waals surface area (Å²) in [4.78, 5) is 0. The fourth-order valence-corrected chi connectivity index (χ4v) is 2.79. The Kier molecular flexibility index (Phi) is 3.19. The zero-order valence-electron chi connectivity index (χ0n) is 11.0. The van der Waals surface area contributed by atoms with Gasteiger partial charge in [-0.25, -0.2) is 0 Å². The van der Waals surface area contributed by atoms with Gasteiger partial charge in [-0.15, -0.1) is 0 Å². The van der Waals surface area contributed by atoms with Crippen molar-refractivity contribution in [3.8, 4) is 0 Å².